The first-order chi connectivity index (χ1) is 14.2. The van der Waals surface area contributed by atoms with Gasteiger partial charge in [0.05, 0.1) is 22.5 Å². The van der Waals surface area contributed by atoms with Crippen molar-refractivity contribution in [3.63, 3.8) is 0 Å². The molecule has 0 atom stereocenters. The molecule has 2 heterocycles. The molecule has 0 spiro atoms. The molecule has 0 bridgehead atoms. The van der Waals surface area contributed by atoms with Crippen molar-refractivity contribution < 1.29 is 26.3 Å². The SMILES string of the molecule is FC(F)(F)c1ccccc1-c1nn(-c2ccccc2C(F)(F)F)c2c1CCCCN2. The van der Waals surface area contributed by atoms with Crippen LogP contribution in [0, 0.1) is 0 Å². The van der Waals surface area contributed by atoms with Crippen molar-refractivity contribution >= 4 is 5.82 Å². The molecular weight excluding hydrogens is 408 g/mol. The van der Waals surface area contributed by atoms with Gasteiger partial charge in [0.2, 0.25) is 0 Å². The van der Waals surface area contributed by atoms with Crippen LogP contribution in [0.4, 0.5) is 32.2 Å². The van der Waals surface area contributed by atoms with Crippen molar-refractivity contribution in [3.8, 4) is 16.9 Å². The third-order valence-electron chi connectivity index (χ3n) is 5.05. The number of aromatic nitrogens is 2. The molecule has 1 aliphatic heterocycles. The number of rotatable bonds is 2. The quantitative estimate of drug-likeness (QED) is 0.487. The number of halogens is 6. The molecule has 0 saturated heterocycles. The van der Waals surface area contributed by atoms with E-state index >= 15 is 0 Å². The summed E-state index contributed by atoms with van der Waals surface area (Å²) in [7, 11) is 0. The molecule has 0 saturated carbocycles. The molecule has 0 radical (unpaired) electrons. The van der Waals surface area contributed by atoms with E-state index in [2.05, 4.69) is 10.4 Å². The van der Waals surface area contributed by atoms with Gasteiger partial charge in [-0.3, -0.25) is 0 Å². The monoisotopic (exact) mass is 425 g/mol. The highest BCUT2D eigenvalue weighted by atomic mass is 19.4. The number of benzene rings is 2. The number of nitrogens with zero attached hydrogens (tertiary/aromatic N) is 2. The average molecular weight is 425 g/mol. The van der Waals surface area contributed by atoms with Gasteiger partial charge in [-0.2, -0.15) is 31.4 Å². The van der Waals surface area contributed by atoms with Crippen molar-refractivity contribution in [1.29, 1.82) is 0 Å². The largest absolute Gasteiger partial charge is 0.418 e. The van der Waals surface area contributed by atoms with Crippen LogP contribution in [-0.2, 0) is 18.8 Å². The zero-order valence-corrected chi connectivity index (χ0v) is 15.6. The van der Waals surface area contributed by atoms with Gasteiger partial charge in [0.1, 0.15) is 5.82 Å². The summed E-state index contributed by atoms with van der Waals surface area (Å²) in [6.07, 6.45) is -7.40. The minimum atomic E-state index is -4.63. The molecular formula is C21H17F6N3. The predicted molar refractivity (Wildman–Crippen MR) is 100 cm³/mol. The predicted octanol–water partition coefficient (Wildman–Crippen LogP) is 6.33. The molecule has 1 aliphatic rings. The lowest BCUT2D eigenvalue weighted by atomic mass is 9.99. The lowest BCUT2D eigenvalue weighted by molar-refractivity contribution is -0.138. The third-order valence-corrected chi connectivity index (χ3v) is 5.05. The van der Waals surface area contributed by atoms with E-state index in [1.165, 1.54) is 36.4 Å². The van der Waals surface area contributed by atoms with Crippen LogP contribution < -0.4 is 5.32 Å². The van der Waals surface area contributed by atoms with Crippen LogP contribution in [0.5, 0.6) is 0 Å². The molecule has 1 N–H and O–H groups in total. The van der Waals surface area contributed by atoms with Crippen molar-refractivity contribution in [2.75, 3.05) is 11.9 Å². The number of hydrogen-bond acceptors (Lipinski definition) is 2. The normalized spacial score (nSPS) is 14.7. The maximum Gasteiger partial charge on any atom is 0.418 e. The summed E-state index contributed by atoms with van der Waals surface area (Å²) in [5.41, 5.74) is -1.62. The van der Waals surface area contributed by atoms with E-state index in [0.717, 1.165) is 23.2 Å². The third kappa shape index (κ3) is 3.64. The summed E-state index contributed by atoms with van der Waals surface area (Å²) in [6.45, 7) is 0.493. The maximum absolute atomic E-state index is 13.6. The van der Waals surface area contributed by atoms with E-state index in [4.69, 9.17) is 0 Å². The highest BCUT2D eigenvalue weighted by Crippen LogP contribution is 2.42. The standard InChI is InChI=1S/C21H17F6N3/c22-20(23,24)15-9-2-1-7-13(15)18-14-8-5-6-12-28-19(14)30(29-18)17-11-4-3-10-16(17)21(25,26)27/h1-4,7,9-11,28H,5-6,8,12H2. The Bertz CT molecular complexity index is 983. The van der Waals surface area contributed by atoms with E-state index in [1.54, 1.807) is 0 Å². The van der Waals surface area contributed by atoms with Gasteiger partial charge >= 0.3 is 12.4 Å². The van der Waals surface area contributed by atoms with Gasteiger partial charge in [-0.25, -0.2) is 4.68 Å². The topological polar surface area (TPSA) is 29.9 Å². The lowest BCUT2D eigenvalue weighted by Gasteiger charge is -2.15. The lowest BCUT2D eigenvalue weighted by Crippen LogP contribution is -2.14. The molecule has 2 aromatic carbocycles. The summed E-state index contributed by atoms with van der Waals surface area (Å²) < 4.78 is 82.6. The van der Waals surface area contributed by atoms with Crippen LogP contribution in [0.2, 0.25) is 0 Å². The summed E-state index contributed by atoms with van der Waals surface area (Å²) in [6, 6.07) is 9.90. The molecule has 0 unspecified atom stereocenters. The van der Waals surface area contributed by atoms with Crippen molar-refractivity contribution in [2.24, 2.45) is 0 Å². The van der Waals surface area contributed by atoms with Crippen molar-refractivity contribution in [2.45, 2.75) is 31.6 Å². The first-order valence-electron chi connectivity index (χ1n) is 9.37. The second-order valence-electron chi connectivity index (χ2n) is 7.03. The van der Waals surface area contributed by atoms with Crippen LogP contribution in [0.1, 0.15) is 29.5 Å². The Balaban J connectivity index is 1.99. The fourth-order valence-corrected chi connectivity index (χ4v) is 3.73. The molecule has 1 aromatic heterocycles. The molecule has 0 fully saturated rings. The van der Waals surface area contributed by atoms with E-state index in [1.807, 2.05) is 0 Å². The van der Waals surface area contributed by atoms with E-state index in [-0.39, 0.29) is 16.9 Å². The summed E-state index contributed by atoms with van der Waals surface area (Å²) in [5.74, 6) is 0.302. The number of anilines is 1. The number of nitrogens with one attached hydrogen (secondary N) is 1. The number of para-hydroxylation sites is 1. The van der Waals surface area contributed by atoms with E-state index < -0.39 is 23.5 Å². The minimum absolute atomic E-state index is 0.0457. The molecule has 4 rings (SSSR count). The molecule has 0 amide bonds. The number of fused-ring (bicyclic) bond motifs is 1. The van der Waals surface area contributed by atoms with E-state index in [9.17, 15) is 26.3 Å². The van der Waals surface area contributed by atoms with Gasteiger partial charge in [-0.1, -0.05) is 30.3 Å². The highest BCUT2D eigenvalue weighted by molar-refractivity contribution is 5.74. The molecule has 30 heavy (non-hydrogen) atoms. The van der Waals surface area contributed by atoms with Crippen LogP contribution in [0.25, 0.3) is 16.9 Å². The summed E-state index contributed by atoms with van der Waals surface area (Å²) >= 11 is 0. The van der Waals surface area contributed by atoms with Gasteiger partial charge < -0.3 is 5.32 Å². The zero-order chi connectivity index (χ0) is 21.5. The maximum atomic E-state index is 13.6. The van der Waals surface area contributed by atoms with Crippen molar-refractivity contribution in [3.05, 3.63) is 65.2 Å². The Morgan fingerprint density at radius 1 is 0.800 bits per heavy atom. The van der Waals surface area contributed by atoms with Crippen molar-refractivity contribution in [1.82, 2.24) is 9.78 Å². The zero-order valence-electron chi connectivity index (χ0n) is 15.6. The van der Waals surface area contributed by atoms with Crippen LogP contribution >= 0.6 is 0 Å². The molecule has 0 aliphatic carbocycles. The van der Waals surface area contributed by atoms with Gasteiger partial charge in [-0.05, 0) is 37.5 Å². The van der Waals surface area contributed by atoms with Crippen LogP contribution in [0.3, 0.4) is 0 Å². The average Bonchev–Trinajstić information content (AvgIpc) is 2.87. The van der Waals surface area contributed by atoms with Gasteiger partial charge in [0.25, 0.3) is 0 Å². The van der Waals surface area contributed by atoms with Gasteiger partial charge in [-0.15, -0.1) is 0 Å². The number of hydrogen-bond donors (Lipinski definition) is 1. The Labute approximate surface area is 168 Å². The molecule has 3 aromatic rings. The smallest absolute Gasteiger partial charge is 0.370 e. The highest BCUT2D eigenvalue weighted by Gasteiger charge is 2.37. The summed E-state index contributed by atoms with van der Waals surface area (Å²) in [5, 5.41) is 7.35. The Kier molecular flexibility index (Phi) is 4.99. The number of alkyl halides is 6. The molecule has 9 heteroatoms. The van der Waals surface area contributed by atoms with Crippen LogP contribution in [0.15, 0.2) is 48.5 Å². The van der Waals surface area contributed by atoms with Crippen LogP contribution in [-0.4, -0.2) is 16.3 Å². The second-order valence-corrected chi connectivity index (χ2v) is 7.03. The molecule has 3 nitrogen and oxygen atoms in total. The van der Waals surface area contributed by atoms with Gasteiger partial charge in [0, 0.05) is 17.7 Å². The fraction of sp³-hybridized carbons (Fsp3) is 0.286. The van der Waals surface area contributed by atoms with Gasteiger partial charge in [0.15, 0.2) is 0 Å². The minimum Gasteiger partial charge on any atom is -0.370 e. The Hall–Kier alpha value is -2.97. The summed E-state index contributed by atoms with van der Waals surface area (Å²) in [4.78, 5) is 0. The fourth-order valence-electron chi connectivity index (χ4n) is 3.73. The first-order valence-corrected chi connectivity index (χ1v) is 9.37. The first kappa shape index (κ1) is 20.3. The Morgan fingerprint density at radius 3 is 2.13 bits per heavy atom. The second kappa shape index (κ2) is 7.37. The van der Waals surface area contributed by atoms with E-state index in [0.29, 0.717) is 30.8 Å². The molecule has 158 valence electrons. The Morgan fingerprint density at radius 2 is 1.43 bits per heavy atom.